The Morgan fingerprint density at radius 2 is 1.79 bits per heavy atom. The number of amides is 3. The van der Waals surface area contributed by atoms with Crippen LogP contribution in [0.15, 0.2) is 30.3 Å². The van der Waals surface area contributed by atoms with E-state index in [0.29, 0.717) is 0 Å². The average molecular weight is 609 g/mol. The molecular formula is C31H49FN4O7. The number of carbonyl (C=O) groups excluding carboxylic acids is 3. The van der Waals surface area contributed by atoms with Crippen LogP contribution in [0.3, 0.4) is 0 Å². The predicted octanol–water partition coefficient (Wildman–Crippen LogP) is 1.89. The number of halogens is 1. The Hall–Kier alpha value is -3.09. The van der Waals surface area contributed by atoms with Gasteiger partial charge in [0.1, 0.15) is 12.2 Å². The summed E-state index contributed by atoms with van der Waals surface area (Å²) in [7, 11) is 6.25. The van der Waals surface area contributed by atoms with Gasteiger partial charge in [-0.15, -0.1) is 0 Å². The second-order valence-electron chi connectivity index (χ2n) is 11.4. The number of hydrogen-bond acceptors (Lipinski definition) is 7. The molecule has 1 aromatic carbocycles. The molecule has 1 fully saturated rings. The Morgan fingerprint density at radius 3 is 2.33 bits per heavy atom. The molecule has 1 aliphatic heterocycles. The monoisotopic (exact) mass is 608 g/mol. The number of benzene rings is 1. The van der Waals surface area contributed by atoms with E-state index in [1.807, 2.05) is 19.9 Å². The number of nitrogens with one attached hydrogen (secondary N) is 2. The standard InChI is InChI=1S/C31H49FN4O7/c1-8-19(2)28(35(5)27(38)17-33-4)25(42-6)16-26(37)36-18-22(32)15-24(36)29(43-7)20(3)30(39)34-23(31(40)41)14-21-12-10-9-11-13-21/h9-13,19-20,22-25,28-29,33H,8,14-18H2,1-7H3,(H,34,39)(H,40,41)/t19-,20+,22-,23-,24-,25?,28-,29+/m0/s1. The van der Waals surface area contributed by atoms with Gasteiger partial charge in [-0.2, -0.15) is 0 Å². The Kier molecular flexibility index (Phi) is 14.5. The van der Waals surface area contributed by atoms with Crippen molar-refractivity contribution in [2.45, 2.75) is 83.0 Å². The quantitative estimate of drug-likeness (QED) is 0.244. The summed E-state index contributed by atoms with van der Waals surface area (Å²) in [5, 5.41) is 15.2. The third-order valence-corrected chi connectivity index (χ3v) is 8.52. The van der Waals surface area contributed by atoms with Crippen molar-refractivity contribution in [1.82, 2.24) is 20.4 Å². The lowest BCUT2D eigenvalue weighted by Gasteiger charge is -2.39. The summed E-state index contributed by atoms with van der Waals surface area (Å²) < 4.78 is 26.3. The van der Waals surface area contributed by atoms with Crippen LogP contribution < -0.4 is 10.6 Å². The number of rotatable bonds is 17. The zero-order valence-corrected chi connectivity index (χ0v) is 26.4. The molecule has 0 aromatic heterocycles. The largest absolute Gasteiger partial charge is 0.480 e. The number of nitrogens with zero attached hydrogens (tertiary/aromatic N) is 2. The van der Waals surface area contributed by atoms with Gasteiger partial charge in [0, 0.05) is 34.1 Å². The number of carboxylic acid groups (broad SMARTS) is 1. The van der Waals surface area contributed by atoms with Gasteiger partial charge < -0.3 is 35.0 Å². The Morgan fingerprint density at radius 1 is 1.14 bits per heavy atom. The van der Waals surface area contributed by atoms with Crippen LogP contribution >= 0.6 is 0 Å². The smallest absolute Gasteiger partial charge is 0.326 e. The normalized spacial score (nSPS) is 20.9. The highest BCUT2D eigenvalue weighted by Gasteiger charge is 2.45. The predicted molar refractivity (Wildman–Crippen MR) is 160 cm³/mol. The molecule has 242 valence electrons. The van der Waals surface area contributed by atoms with Gasteiger partial charge in [-0.3, -0.25) is 14.4 Å². The molecule has 11 nitrogen and oxygen atoms in total. The minimum absolute atomic E-state index is 0.0142. The number of methoxy groups -OCH3 is 2. The molecule has 1 aliphatic rings. The minimum Gasteiger partial charge on any atom is -0.480 e. The molecule has 1 heterocycles. The molecule has 0 spiro atoms. The molecule has 1 saturated heterocycles. The molecule has 0 aliphatic carbocycles. The highest BCUT2D eigenvalue weighted by atomic mass is 19.1. The molecule has 12 heteroatoms. The van der Waals surface area contributed by atoms with Crippen molar-refractivity contribution in [1.29, 1.82) is 0 Å². The van der Waals surface area contributed by atoms with Crippen LogP contribution in [0.4, 0.5) is 4.39 Å². The molecular weight excluding hydrogens is 559 g/mol. The summed E-state index contributed by atoms with van der Waals surface area (Å²) in [5.74, 6) is -3.14. The lowest BCUT2D eigenvalue weighted by molar-refractivity contribution is -0.146. The molecule has 2 rings (SSSR count). The van der Waals surface area contributed by atoms with Gasteiger partial charge in [-0.25, -0.2) is 9.18 Å². The van der Waals surface area contributed by atoms with Crippen molar-refractivity contribution in [2.24, 2.45) is 11.8 Å². The molecule has 1 unspecified atom stereocenters. The molecule has 3 N–H and O–H groups in total. The number of likely N-dealkylation sites (N-methyl/N-ethyl adjacent to an activating group) is 2. The van der Waals surface area contributed by atoms with Gasteiger partial charge in [-0.05, 0) is 18.5 Å². The second-order valence-corrected chi connectivity index (χ2v) is 11.4. The summed E-state index contributed by atoms with van der Waals surface area (Å²) in [4.78, 5) is 54.6. The molecule has 0 radical (unpaired) electrons. The molecule has 3 amide bonds. The molecule has 0 saturated carbocycles. The van der Waals surface area contributed by atoms with E-state index in [-0.39, 0.29) is 50.1 Å². The van der Waals surface area contributed by atoms with Crippen molar-refractivity contribution in [3.63, 3.8) is 0 Å². The third-order valence-electron chi connectivity index (χ3n) is 8.52. The second kappa shape index (κ2) is 17.3. The maximum atomic E-state index is 14.9. The number of carboxylic acids is 1. The number of aliphatic carboxylic acids is 1. The zero-order chi connectivity index (χ0) is 32.3. The van der Waals surface area contributed by atoms with Crippen LogP contribution in [0, 0.1) is 11.8 Å². The first-order chi connectivity index (χ1) is 20.4. The van der Waals surface area contributed by atoms with Crippen LogP contribution in [0.25, 0.3) is 0 Å². The van der Waals surface area contributed by atoms with Crippen LogP contribution in [0.1, 0.15) is 45.6 Å². The summed E-state index contributed by atoms with van der Waals surface area (Å²) in [5.41, 5.74) is 0.751. The van der Waals surface area contributed by atoms with E-state index < -0.39 is 54.3 Å². The van der Waals surface area contributed by atoms with Crippen LogP contribution in [-0.2, 0) is 35.1 Å². The third kappa shape index (κ3) is 9.70. The fourth-order valence-corrected chi connectivity index (χ4v) is 5.92. The van der Waals surface area contributed by atoms with Gasteiger partial charge >= 0.3 is 5.97 Å². The van der Waals surface area contributed by atoms with Crippen molar-refractivity contribution in [3.05, 3.63) is 35.9 Å². The van der Waals surface area contributed by atoms with E-state index in [1.165, 1.54) is 19.1 Å². The number of hydrogen-bond donors (Lipinski definition) is 3. The van der Waals surface area contributed by atoms with Gasteiger partial charge in [0.25, 0.3) is 0 Å². The first-order valence-electron chi connectivity index (χ1n) is 14.9. The average Bonchev–Trinajstić information content (AvgIpc) is 3.37. The van der Waals surface area contributed by atoms with Crippen LogP contribution in [0.2, 0.25) is 0 Å². The Labute approximate surface area is 254 Å². The van der Waals surface area contributed by atoms with Gasteiger partial charge in [0.15, 0.2) is 0 Å². The number of carbonyl (C=O) groups is 4. The number of ether oxygens (including phenoxy) is 2. The molecule has 8 atom stereocenters. The highest BCUT2D eigenvalue weighted by molar-refractivity contribution is 5.85. The fraction of sp³-hybridized carbons (Fsp3) is 0.677. The summed E-state index contributed by atoms with van der Waals surface area (Å²) in [6.07, 6.45) is -2.14. The van der Waals surface area contributed by atoms with Gasteiger partial charge in [-0.1, -0.05) is 57.5 Å². The van der Waals surface area contributed by atoms with E-state index in [2.05, 4.69) is 10.6 Å². The maximum absolute atomic E-state index is 14.9. The van der Waals surface area contributed by atoms with Crippen LogP contribution in [-0.4, -0.2) is 117 Å². The van der Waals surface area contributed by atoms with Crippen LogP contribution in [0.5, 0.6) is 0 Å². The van der Waals surface area contributed by atoms with E-state index in [0.717, 1.165) is 12.0 Å². The van der Waals surface area contributed by atoms with Crippen molar-refractivity contribution in [3.8, 4) is 0 Å². The van der Waals surface area contributed by atoms with Crippen molar-refractivity contribution in [2.75, 3.05) is 41.4 Å². The molecule has 43 heavy (non-hydrogen) atoms. The van der Waals surface area contributed by atoms with Gasteiger partial charge in [0.05, 0.1) is 49.7 Å². The highest BCUT2D eigenvalue weighted by Crippen LogP contribution is 2.30. The maximum Gasteiger partial charge on any atom is 0.326 e. The molecule has 0 bridgehead atoms. The zero-order valence-electron chi connectivity index (χ0n) is 26.4. The fourth-order valence-electron chi connectivity index (χ4n) is 5.92. The van der Waals surface area contributed by atoms with E-state index in [1.54, 1.807) is 50.2 Å². The SMILES string of the molecule is CC[C@H](C)[C@@H](C(CC(=O)N1C[C@@H](F)C[C@H]1[C@H](OC)[C@@H](C)C(=O)N[C@@H](Cc1ccccc1)C(=O)O)OC)N(C)C(=O)CNC. The first-order valence-corrected chi connectivity index (χ1v) is 14.9. The topological polar surface area (TPSA) is 138 Å². The molecule has 1 aromatic rings. The van der Waals surface area contributed by atoms with E-state index in [9.17, 15) is 28.7 Å². The lowest BCUT2D eigenvalue weighted by Crippen LogP contribution is -2.54. The minimum atomic E-state index is -1.32. The Bertz CT molecular complexity index is 1060. The van der Waals surface area contributed by atoms with Crippen molar-refractivity contribution < 1.29 is 38.1 Å². The van der Waals surface area contributed by atoms with Gasteiger partial charge in [0.2, 0.25) is 17.7 Å². The number of alkyl halides is 1. The summed E-state index contributed by atoms with van der Waals surface area (Å²) >= 11 is 0. The first kappa shape index (κ1) is 36.1. The lowest BCUT2D eigenvalue weighted by atomic mass is 9.90. The Balaban J connectivity index is 2.22. The summed E-state index contributed by atoms with van der Waals surface area (Å²) in [6.45, 7) is 5.54. The number of likely N-dealkylation sites (tertiary alicyclic amines) is 1. The van der Waals surface area contributed by atoms with Crippen molar-refractivity contribution >= 4 is 23.7 Å². The van der Waals surface area contributed by atoms with E-state index in [4.69, 9.17) is 9.47 Å². The summed E-state index contributed by atoms with van der Waals surface area (Å²) in [6, 6.07) is 6.62. The van der Waals surface area contributed by atoms with E-state index >= 15 is 0 Å².